The molecule has 5 aromatic rings. The Hall–Kier alpha value is -5.35. The molecule has 0 aliphatic carbocycles. The highest BCUT2D eigenvalue weighted by molar-refractivity contribution is 7.07. The van der Waals surface area contributed by atoms with Crippen LogP contribution in [0, 0.1) is 12.7 Å². The Kier molecular flexibility index (Phi) is 8.86. The predicted molar refractivity (Wildman–Crippen MR) is 177 cm³/mol. The molecule has 238 valence electrons. The molecular formula is C37H31FN2O6S. The summed E-state index contributed by atoms with van der Waals surface area (Å²) in [6.45, 7) is 7.30. The number of halogens is 1. The van der Waals surface area contributed by atoms with Gasteiger partial charge >= 0.3 is 11.9 Å². The molecule has 0 saturated carbocycles. The molecule has 0 N–H and O–H groups in total. The lowest BCUT2D eigenvalue weighted by molar-refractivity contribution is -0.138. The third kappa shape index (κ3) is 6.37. The van der Waals surface area contributed by atoms with Crippen LogP contribution in [-0.4, -0.2) is 29.2 Å². The summed E-state index contributed by atoms with van der Waals surface area (Å²) in [5, 5.41) is 0. The molecular weight excluding hydrogens is 619 g/mol. The van der Waals surface area contributed by atoms with E-state index in [1.54, 1.807) is 69.3 Å². The van der Waals surface area contributed by atoms with Crippen LogP contribution in [0.2, 0.25) is 0 Å². The third-order valence-electron chi connectivity index (χ3n) is 7.53. The van der Waals surface area contributed by atoms with E-state index in [2.05, 4.69) is 0 Å². The standard InChI is InChI=1S/C37H31FN2O6S/c1-5-44-36(43)31-32(23-9-7-6-8-10-23)39-37-40(33(31)24-11-14-26(38)15-12-24)34(41)30(47-37)20-27-16-18-29(46-27)28-17-13-25(19-22(28)4)35(42)45-21(2)3/h6-21,33H,5H2,1-4H3/b30-20+/t33-/m1/s1. The van der Waals surface area contributed by atoms with Crippen LogP contribution in [0.1, 0.15) is 59.6 Å². The van der Waals surface area contributed by atoms with Gasteiger partial charge in [-0.25, -0.2) is 19.0 Å². The largest absolute Gasteiger partial charge is 0.463 e. The van der Waals surface area contributed by atoms with Gasteiger partial charge in [-0.15, -0.1) is 0 Å². The fourth-order valence-corrected chi connectivity index (χ4v) is 6.44. The Morgan fingerprint density at radius 2 is 1.77 bits per heavy atom. The van der Waals surface area contributed by atoms with Gasteiger partial charge < -0.3 is 13.9 Å². The smallest absolute Gasteiger partial charge is 0.338 e. The van der Waals surface area contributed by atoms with Crippen LogP contribution >= 0.6 is 11.3 Å². The van der Waals surface area contributed by atoms with Gasteiger partial charge in [0.05, 0.1) is 40.1 Å². The maximum atomic E-state index is 14.1. The van der Waals surface area contributed by atoms with Gasteiger partial charge in [-0.3, -0.25) is 9.36 Å². The van der Waals surface area contributed by atoms with Gasteiger partial charge in [-0.2, -0.15) is 0 Å². The summed E-state index contributed by atoms with van der Waals surface area (Å²) in [6, 6.07) is 22.8. The molecule has 2 aromatic heterocycles. The molecule has 3 heterocycles. The van der Waals surface area contributed by atoms with Gasteiger partial charge in [0.15, 0.2) is 4.80 Å². The highest BCUT2D eigenvalue weighted by Gasteiger charge is 2.35. The van der Waals surface area contributed by atoms with Gasteiger partial charge in [-0.1, -0.05) is 59.9 Å². The number of esters is 2. The normalized spacial score (nSPS) is 14.6. The molecule has 0 unspecified atom stereocenters. The Balaban J connectivity index is 1.46. The van der Waals surface area contributed by atoms with Gasteiger partial charge in [0.1, 0.15) is 17.3 Å². The molecule has 0 bridgehead atoms. The lowest BCUT2D eigenvalue weighted by Crippen LogP contribution is -2.40. The second-order valence-electron chi connectivity index (χ2n) is 11.2. The topological polar surface area (TPSA) is 100 Å². The van der Waals surface area contributed by atoms with E-state index in [9.17, 15) is 18.8 Å². The van der Waals surface area contributed by atoms with Crippen molar-refractivity contribution in [3.8, 4) is 11.3 Å². The minimum atomic E-state index is -0.918. The lowest BCUT2D eigenvalue weighted by atomic mass is 9.93. The number of aryl methyl sites for hydroxylation is 1. The SMILES string of the molecule is CCOC(=O)C1=C(c2ccccc2)N=c2s/c(=C/c3ccc(-c4ccc(C(=O)OC(C)C)cc4C)o3)c(=O)n2[C@@H]1c1ccc(F)cc1. The van der Waals surface area contributed by atoms with Crippen molar-refractivity contribution in [3.63, 3.8) is 0 Å². The molecule has 8 nitrogen and oxygen atoms in total. The van der Waals surface area contributed by atoms with Gasteiger partial charge in [0, 0.05) is 17.2 Å². The molecule has 0 fully saturated rings. The first-order chi connectivity index (χ1) is 22.6. The number of nitrogens with zero attached hydrogens (tertiary/aromatic N) is 2. The Bertz CT molecular complexity index is 2190. The number of carbonyl (C=O) groups excluding carboxylic acids is 2. The summed E-state index contributed by atoms with van der Waals surface area (Å²) in [6.07, 6.45) is 1.41. The molecule has 47 heavy (non-hydrogen) atoms. The van der Waals surface area contributed by atoms with Crippen LogP contribution in [0.25, 0.3) is 23.1 Å². The first kappa shape index (κ1) is 31.6. The van der Waals surface area contributed by atoms with Crippen molar-refractivity contribution in [2.75, 3.05) is 6.61 Å². The highest BCUT2D eigenvalue weighted by Crippen LogP contribution is 2.35. The Morgan fingerprint density at radius 1 is 1.02 bits per heavy atom. The van der Waals surface area contributed by atoms with Crippen LogP contribution in [-0.2, 0) is 14.3 Å². The fourth-order valence-electron chi connectivity index (χ4n) is 5.45. The molecule has 0 saturated heterocycles. The van der Waals surface area contributed by atoms with Crippen LogP contribution in [0.15, 0.2) is 105 Å². The summed E-state index contributed by atoms with van der Waals surface area (Å²) in [4.78, 5) is 45.2. The van der Waals surface area contributed by atoms with Crippen LogP contribution < -0.4 is 14.9 Å². The number of ether oxygens (including phenoxy) is 2. The van der Waals surface area contributed by atoms with Crippen molar-refractivity contribution in [2.24, 2.45) is 4.99 Å². The summed E-state index contributed by atoms with van der Waals surface area (Å²) in [5.74, 6) is -0.469. The Labute approximate surface area is 273 Å². The zero-order chi connectivity index (χ0) is 33.2. The number of fused-ring (bicyclic) bond motifs is 1. The van der Waals surface area contributed by atoms with Gasteiger partial charge in [0.25, 0.3) is 5.56 Å². The van der Waals surface area contributed by atoms with Crippen molar-refractivity contribution >= 4 is 35.0 Å². The van der Waals surface area contributed by atoms with Crippen molar-refractivity contribution in [3.05, 3.63) is 144 Å². The first-order valence-corrected chi connectivity index (χ1v) is 15.9. The van der Waals surface area contributed by atoms with Crippen LogP contribution in [0.3, 0.4) is 0 Å². The van der Waals surface area contributed by atoms with E-state index < -0.39 is 23.8 Å². The molecule has 0 amide bonds. The molecule has 1 aliphatic rings. The summed E-state index contributed by atoms with van der Waals surface area (Å²) in [5.41, 5.74) is 3.43. The number of hydrogen-bond acceptors (Lipinski definition) is 8. The van der Waals surface area contributed by atoms with Crippen molar-refractivity contribution in [2.45, 2.75) is 39.8 Å². The monoisotopic (exact) mass is 650 g/mol. The number of hydrogen-bond donors (Lipinski definition) is 0. The van der Waals surface area contributed by atoms with E-state index in [1.165, 1.54) is 16.7 Å². The minimum absolute atomic E-state index is 0.121. The molecule has 6 rings (SSSR count). The predicted octanol–water partition coefficient (Wildman–Crippen LogP) is 6.21. The van der Waals surface area contributed by atoms with E-state index in [-0.39, 0.29) is 23.8 Å². The van der Waals surface area contributed by atoms with Crippen LogP contribution in [0.5, 0.6) is 0 Å². The second kappa shape index (κ2) is 13.2. The van der Waals surface area contributed by atoms with Gasteiger partial charge in [0.2, 0.25) is 0 Å². The quantitative estimate of drug-likeness (QED) is 0.185. The highest BCUT2D eigenvalue weighted by atomic mass is 32.1. The van der Waals surface area contributed by atoms with E-state index in [0.717, 1.165) is 22.5 Å². The lowest BCUT2D eigenvalue weighted by Gasteiger charge is -2.25. The zero-order valence-corrected chi connectivity index (χ0v) is 27.0. The molecule has 0 radical (unpaired) electrons. The van der Waals surface area contributed by atoms with Crippen molar-refractivity contribution in [1.29, 1.82) is 0 Å². The number of thiazole rings is 1. The number of benzene rings is 3. The average Bonchev–Trinajstić information content (AvgIpc) is 3.64. The average molecular weight is 651 g/mol. The van der Waals surface area contributed by atoms with Crippen LogP contribution in [0.4, 0.5) is 4.39 Å². The van der Waals surface area contributed by atoms with E-state index in [0.29, 0.717) is 43.2 Å². The summed E-state index contributed by atoms with van der Waals surface area (Å²) < 4.78 is 32.7. The van der Waals surface area contributed by atoms with E-state index >= 15 is 0 Å². The van der Waals surface area contributed by atoms with E-state index in [4.69, 9.17) is 18.9 Å². The minimum Gasteiger partial charge on any atom is -0.463 e. The van der Waals surface area contributed by atoms with Crippen molar-refractivity contribution < 1.29 is 27.9 Å². The molecule has 1 atom stereocenters. The molecule has 1 aliphatic heterocycles. The molecule has 10 heteroatoms. The third-order valence-corrected chi connectivity index (χ3v) is 8.51. The number of furan rings is 1. The first-order valence-electron chi connectivity index (χ1n) is 15.1. The Morgan fingerprint density at radius 3 is 2.45 bits per heavy atom. The maximum absolute atomic E-state index is 14.1. The molecule has 3 aromatic carbocycles. The van der Waals surface area contributed by atoms with Gasteiger partial charge in [-0.05, 0) is 75.2 Å². The number of carbonyl (C=O) groups is 2. The number of aromatic nitrogens is 1. The number of rotatable bonds is 8. The summed E-state index contributed by atoms with van der Waals surface area (Å²) in [7, 11) is 0. The second-order valence-corrected chi connectivity index (χ2v) is 12.2. The fraction of sp³-hybridized carbons (Fsp3) is 0.189. The molecule has 0 spiro atoms. The van der Waals surface area contributed by atoms with Crippen molar-refractivity contribution in [1.82, 2.24) is 4.57 Å². The summed E-state index contributed by atoms with van der Waals surface area (Å²) >= 11 is 1.16. The van der Waals surface area contributed by atoms with E-state index in [1.807, 2.05) is 37.3 Å². The maximum Gasteiger partial charge on any atom is 0.338 e. The zero-order valence-electron chi connectivity index (χ0n) is 26.2.